The molecule has 0 bridgehead atoms. The molecule has 0 radical (unpaired) electrons. The van der Waals surface area contributed by atoms with Crippen molar-refractivity contribution in [3.8, 4) is 22.3 Å². The van der Waals surface area contributed by atoms with Crippen LogP contribution < -0.4 is 10.6 Å². The lowest BCUT2D eigenvalue weighted by Gasteiger charge is -2.28. The van der Waals surface area contributed by atoms with Crippen molar-refractivity contribution in [1.29, 1.82) is 0 Å². The zero-order chi connectivity index (χ0) is 60.8. The summed E-state index contributed by atoms with van der Waals surface area (Å²) in [6, 6.07) is 49.2. The Hall–Kier alpha value is -8.14. The number of likely N-dealkylation sites (tertiary alicyclic amines) is 2. The summed E-state index contributed by atoms with van der Waals surface area (Å²) < 4.78 is 11.3. The van der Waals surface area contributed by atoms with Crippen molar-refractivity contribution in [3.63, 3.8) is 0 Å². The highest BCUT2D eigenvalue weighted by Crippen LogP contribution is 2.38. The van der Waals surface area contributed by atoms with Gasteiger partial charge in [0.2, 0.25) is 0 Å². The predicted molar refractivity (Wildman–Crippen MR) is 376 cm³/mol. The second-order valence-corrected chi connectivity index (χ2v) is 26.2. The second-order valence-electron chi connectivity index (χ2n) is 26.2. The first kappa shape index (κ1) is 63.0. The Bertz CT molecular complexity index is 4200. The van der Waals surface area contributed by atoms with Gasteiger partial charge in [0.05, 0.1) is 12.1 Å². The van der Waals surface area contributed by atoms with E-state index in [2.05, 4.69) is 120 Å². The molecule has 7 aromatic carbocycles. The summed E-state index contributed by atoms with van der Waals surface area (Å²) in [6.45, 7) is 9.39. The van der Waals surface area contributed by atoms with Crippen LogP contribution >= 0.6 is 27.0 Å². The third-order valence-corrected chi connectivity index (χ3v) is 19.1. The molecule has 2 unspecified atom stereocenters. The molecule has 0 saturated carbocycles. The number of ketones is 2. The zero-order valence-electron chi connectivity index (χ0n) is 52.2. The zero-order valence-corrected chi connectivity index (χ0v) is 54.2. The number of allylic oxidation sites excluding steroid dienone is 4. The van der Waals surface area contributed by atoms with E-state index in [4.69, 9.17) is 19.5 Å². The van der Waals surface area contributed by atoms with Crippen LogP contribution in [-0.4, -0.2) is 101 Å². The topological polar surface area (TPSA) is 142 Å². The normalized spacial score (nSPS) is 20.9. The summed E-state index contributed by atoms with van der Waals surface area (Å²) in [5, 5.41) is 11.8. The molecule has 2 aliphatic carbocycles. The summed E-state index contributed by atoms with van der Waals surface area (Å²) >= 11 is 0. The first-order chi connectivity index (χ1) is 43.3. The Morgan fingerprint density at radius 2 is 0.978 bits per heavy atom. The molecule has 6 heterocycles. The van der Waals surface area contributed by atoms with Gasteiger partial charge in [-0.15, -0.1) is 0 Å². The van der Waals surface area contributed by atoms with E-state index in [9.17, 15) is 19.2 Å². The molecule has 7 aromatic rings. The maximum atomic E-state index is 13.6. The van der Waals surface area contributed by atoms with Gasteiger partial charge in [0.25, 0.3) is 0 Å². The molecule has 91 heavy (non-hydrogen) atoms. The maximum Gasteiger partial charge on any atom is 0.410 e. The van der Waals surface area contributed by atoms with Gasteiger partial charge in [-0.05, 0) is 241 Å². The van der Waals surface area contributed by atoms with E-state index in [1.165, 1.54) is 52.5 Å². The molecule has 2 N–H and O–H groups in total. The Kier molecular flexibility index (Phi) is 18.7. The number of benzene rings is 7. The maximum absolute atomic E-state index is 13.6. The third kappa shape index (κ3) is 13.6. The van der Waals surface area contributed by atoms with E-state index in [-0.39, 0.29) is 69.4 Å². The van der Waals surface area contributed by atoms with E-state index >= 15 is 0 Å². The van der Waals surface area contributed by atoms with Gasteiger partial charge in [0, 0.05) is 73.0 Å². The number of nitrogens with zero attached hydrogens (tertiary/aromatic N) is 4. The summed E-state index contributed by atoms with van der Waals surface area (Å²) in [4.78, 5) is 65.7. The lowest BCUT2D eigenvalue weighted by atomic mass is 9.85. The second kappa shape index (κ2) is 27.0. The molecule has 4 fully saturated rings. The van der Waals surface area contributed by atoms with Crippen molar-refractivity contribution >= 4 is 94.9 Å². The van der Waals surface area contributed by atoms with Crippen LogP contribution in [0.15, 0.2) is 185 Å². The number of carbonyl (C=O) groups excluding carboxylic acids is 4. The third-order valence-electron chi connectivity index (χ3n) is 19.1. The minimum absolute atomic E-state index is 0. The number of hydrogen-bond donors (Lipinski definition) is 2. The highest BCUT2D eigenvalue weighted by atomic mass is 32.1. The van der Waals surface area contributed by atoms with E-state index in [1.54, 1.807) is 11.0 Å². The van der Waals surface area contributed by atoms with Crippen LogP contribution in [0.2, 0.25) is 0 Å². The minimum Gasteiger partial charge on any atom is -0.445 e. The molecule has 2 amide bonds. The number of carbonyl (C=O) groups is 4. The number of aliphatic imine (C=N–C) groups is 2. The fourth-order valence-corrected chi connectivity index (χ4v) is 14.5. The molecule has 6 aliphatic heterocycles. The largest absolute Gasteiger partial charge is 0.445 e. The average Bonchev–Trinajstić information content (AvgIpc) is 1.96. The number of rotatable bonds is 10. The Labute approximate surface area is 547 Å². The molecule has 4 saturated heterocycles. The molecule has 466 valence electrons. The fraction of sp³-hybridized carbons (Fsp3) is 0.325. The number of hydrogen-bond acceptors (Lipinski definition) is 10. The van der Waals surface area contributed by atoms with Gasteiger partial charge in [0.1, 0.15) is 12.2 Å². The Morgan fingerprint density at radius 1 is 0.505 bits per heavy atom. The summed E-state index contributed by atoms with van der Waals surface area (Å²) in [6.07, 6.45) is 18.5. The van der Waals surface area contributed by atoms with Crippen molar-refractivity contribution in [2.75, 3.05) is 26.2 Å². The molecule has 0 aromatic heterocycles. The number of nitrogens with one attached hydrogen (secondary N) is 2. The Morgan fingerprint density at radius 3 is 1.54 bits per heavy atom. The van der Waals surface area contributed by atoms with Gasteiger partial charge < -0.3 is 25.0 Å². The quantitative estimate of drug-likeness (QED) is 0.138. The van der Waals surface area contributed by atoms with Crippen LogP contribution in [0.4, 0.5) is 9.59 Å². The van der Waals surface area contributed by atoms with Crippen LogP contribution in [0.5, 0.6) is 0 Å². The highest BCUT2D eigenvalue weighted by Gasteiger charge is 2.38. The monoisotopic (exact) mass is 1250 g/mol. The fourth-order valence-electron chi connectivity index (χ4n) is 14.5. The van der Waals surface area contributed by atoms with Crippen LogP contribution in [0.25, 0.3) is 54.9 Å². The first-order valence-electron chi connectivity index (χ1n) is 32.1. The van der Waals surface area contributed by atoms with E-state index in [1.807, 2.05) is 74.3 Å². The van der Waals surface area contributed by atoms with Gasteiger partial charge in [-0.25, -0.2) is 9.59 Å². The van der Waals surface area contributed by atoms with E-state index < -0.39 is 5.60 Å². The van der Waals surface area contributed by atoms with Crippen molar-refractivity contribution in [1.82, 2.24) is 20.4 Å². The van der Waals surface area contributed by atoms with E-state index in [0.717, 1.165) is 141 Å². The summed E-state index contributed by atoms with van der Waals surface area (Å²) in [7, 11) is 0. The number of fused-ring (bicyclic) bond motifs is 4. The van der Waals surface area contributed by atoms with Crippen molar-refractivity contribution in [2.24, 2.45) is 9.98 Å². The van der Waals surface area contributed by atoms with Crippen molar-refractivity contribution in [3.05, 3.63) is 214 Å². The van der Waals surface area contributed by atoms with Crippen LogP contribution in [0.1, 0.15) is 134 Å². The number of ether oxygens (including phenoxy) is 2. The standard InChI is InChI=1S/C45H45N3O5.C32H31N3O.2H2S/c1-45(2,3)53-44(51)48-20-8-12-41(48)39-25-37(27-46-39)33-16-15-30-21-32(14-13-31(30)22-33)34-17-18-35-23-36(26-42(49)38(35)24-34)40-11-7-19-47(40)43(50)52-28-29-9-5-4-6-10-29;36-32-18-26(29-3-1-11-33-29)15-25-10-9-24(16-28(25)32)22-6-5-21-14-23(8-7-20(21)13-22)27-17-31(35-19-27)30-4-2-12-34-30;;/h4-6,9-10,13-18,21-22,24,26-27,40-41H,7-8,11-12,19-20,23,25,28H2,1-3H3;5-10,13-14,16,18-19,29-30,33-34H,1-4,11-12,15,17H2;2*1H2/t40?,41-;29?,30-;;/m00../s1. The van der Waals surface area contributed by atoms with Crippen LogP contribution in [0, 0.1) is 0 Å². The molecule has 4 atom stereocenters. The summed E-state index contributed by atoms with van der Waals surface area (Å²) in [5.41, 5.74) is 17.8. The lowest BCUT2D eigenvalue weighted by molar-refractivity contribution is 0.0265. The van der Waals surface area contributed by atoms with E-state index in [0.29, 0.717) is 38.0 Å². The Balaban J connectivity index is 0.000000184. The van der Waals surface area contributed by atoms with Crippen LogP contribution in [0.3, 0.4) is 0 Å². The molecule has 12 nitrogen and oxygen atoms in total. The average molecular weight is 1250 g/mol. The first-order valence-corrected chi connectivity index (χ1v) is 32.1. The lowest BCUT2D eigenvalue weighted by Crippen LogP contribution is -2.43. The predicted octanol–water partition coefficient (Wildman–Crippen LogP) is 15.6. The number of amides is 2. The van der Waals surface area contributed by atoms with Crippen LogP contribution in [-0.2, 0) is 28.9 Å². The minimum atomic E-state index is -0.532. The van der Waals surface area contributed by atoms with Gasteiger partial charge in [-0.2, -0.15) is 27.0 Å². The molecule has 0 spiro atoms. The smallest absolute Gasteiger partial charge is 0.410 e. The summed E-state index contributed by atoms with van der Waals surface area (Å²) in [5.74, 6) is 0.128. The van der Waals surface area contributed by atoms with Gasteiger partial charge >= 0.3 is 12.2 Å². The van der Waals surface area contributed by atoms with Gasteiger partial charge in [-0.1, -0.05) is 103 Å². The van der Waals surface area contributed by atoms with Crippen molar-refractivity contribution in [2.45, 2.75) is 134 Å². The van der Waals surface area contributed by atoms with Crippen molar-refractivity contribution < 1.29 is 28.7 Å². The molecule has 15 rings (SSSR count). The molecular weight excluding hydrogens is 1170 g/mol. The molecule has 8 aliphatic rings. The highest BCUT2D eigenvalue weighted by molar-refractivity contribution is 7.59. The molecular formula is C77H80N6O6S2. The van der Waals surface area contributed by atoms with Gasteiger partial charge in [-0.3, -0.25) is 24.5 Å². The van der Waals surface area contributed by atoms with Gasteiger partial charge in [0.15, 0.2) is 11.6 Å². The molecule has 14 heteroatoms. The SMILES string of the molecule is CC(C)(C)OC(=O)N1CCC[C@H]1C1=NC=C(c2ccc3cc(-c4ccc5c(c4)C(=O)C=C(C4CCCN4C(=O)OCc4ccccc4)C5)ccc3c2)C1.O=C1C=C(C2CCCN2)Cc2ccc(-c3ccc4cc(C5=CN=C([C@@H]6CCCN6)C5)ccc4c3)cc21.S.S.